The molecule has 0 atom stereocenters. The van der Waals surface area contributed by atoms with E-state index >= 15 is 0 Å². The molecule has 0 saturated carbocycles. The van der Waals surface area contributed by atoms with Crippen molar-refractivity contribution in [2.45, 2.75) is 38.5 Å². The summed E-state index contributed by atoms with van der Waals surface area (Å²) in [5.74, 6) is 0. The molecule has 0 spiro atoms. The topological polar surface area (TPSA) is 3.24 Å². The summed E-state index contributed by atoms with van der Waals surface area (Å²) >= 11 is 0. The molecule has 0 aliphatic heterocycles. The van der Waals surface area contributed by atoms with Crippen LogP contribution < -0.4 is 4.90 Å². The Bertz CT molecular complexity index is 2580. The fourth-order valence-corrected chi connectivity index (χ4v) is 9.69. The normalized spacial score (nSPS) is 14.3. The zero-order chi connectivity index (χ0) is 35.9. The zero-order valence-electron chi connectivity index (χ0n) is 30.7. The van der Waals surface area contributed by atoms with E-state index in [0.29, 0.717) is 0 Å². The Morgan fingerprint density at radius 2 is 0.736 bits per heavy atom. The first-order chi connectivity index (χ1) is 25.9. The van der Waals surface area contributed by atoms with Gasteiger partial charge < -0.3 is 4.90 Å². The molecule has 53 heavy (non-hydrogen) atoms. The van der Waals surface area contributed by atoms with Crippen LogP contribution in [0, 0.1) is 0 Å². The minimum absolute atomic E-state index is 0.280. The molecule has 0 aromatic heterocycles. The molecule has 0 fully saturated rings. The van der Waals surface area contributed by atoms with E-state index in [1.54, 1.807) is 0 Å². The van der Waals surface area contributed by atoms with E-state index in [2.05, 4.69) is 209 Å². The van der Waals surface area contributed by atoms with Gasteiger partial charge in [0.15, 0.2) is 0 Å². The van der Waals surface area contributed by atoms with E-state index in [1.165, 1.54) is 83.2 Å². The molecule has 8 aromatic carbocycles. The van der Waals surface area contributed by atoms with Crippen LogP contribution >= 0.6 is 0 Å². The van der Waals surface area contributed by atoms with E-state index in [9.17, 15) is 0 Å². The second-order valence-corrected chi connectivity index (χ2v) is 15.6. The summed E-state index contributed by atoms with van der Waals surface area (Å²) in [5.41, 5.74) is 19.0. The lowest BCUT2D eigenvalue weighted by Crippen LogP contribution is -2.26. The van der Waals surface area contributed by atoms with Crippen molar-refractivity contribution >= 4 is 27.8 Å². The standard InChI is InChI=1S/C52H41N/c1-51(2)43-30-18-16-28-41(43)46-45(40-33-32-37(34-20-8-5-9-21-34)38-26-14-15-27-39(38)40)47-42-29-17-19-31-44(42)52(3,4)49(47)50(48(46)51)53(35-22-10-6-11-23-35)36-24-12-7-13-25-36/h5-33H,1-4H3. The van der Waals surface area contributed by atoms with Crippen LogP contribution in [0.3, 0.4) is 0 Å². The predicted molar refractivity (Wildman–Crippen MR) is 225 cm³/mol. The summed E-state index contributed by atoms with van der Waals surface area (Å²) in [6.07, 6.45) is 0. The Hall–Kier alpha value is -6.18. The van der Waals surface area contributed by atoms with Crippen LogP contribution in [-0.4, -0.2) is 0 Å². The highest BCUT2D eigenvalue weighted by atomic mass is 15.2. The minimum atomic E-state index is -0.280. The van der Waals surface area contributed by atoms with Crippen LogP contribution in [0.1, 0.15) is 49.9 Å². The smallest absolute Gasteiger partial charge is 0.0556 e. The molecule has 1 nitrogen and oxygen atoms in total. The third-order valence-corrected chi connectivity index (χ3v) is 12.0. The molecular formula is C52H41N. The van der Waals surface area contributed by atoms with Gasteiger partial charge in [0.2, 0.25) is 0 Å². The SMILES string of the molecule is CC1(C)c2ccccc2-c2c(-c3ccc(-c4ccccc4)c4ccccc34)c3c(c(N(c4ccccc4)c4ccccc4)c21)C(C)(C)c1ccccc1-3. The fourth-order valence-electron chi connectivity index (χ4n) is 9.69. The van der Waals surface area contributed by atoms with E-state index < -0.39 is 0 Å². The molecule has 0 radical (unpaired) electrons. The first-order valence-electron chi connectivity index (χ1n) is 18.8. The molecule has 0 bridgehead atoms. The summed E-state index contributed by atoms with van der Waals surface area (Å²) in [6.45, 7) is 9.77. The molecule has 0 unspecified atom stereocenters. The Kier molecular flexibility index (Phi) is 6.94. The van der Waals surface area contributed by atoms with Crippen molar-refractivity contribution in [3.63, 3.8) is 0 Å². The molecule has 1 heteroatoms. The van der Waals surface area contributed by atoms with E-state index in [4.69, 9.17) is 0 Å². The molecule has 0 amide bonds. The molecule has 0 saturated heterocycles. The first-order valence-corrected chi connectivity index (χ1v) is 18.8. The molecule has 8 aromatic rings. The predicted octanol–water partition coefficient (Wildman–Crippen LogP) is 14.3. The van der Waals surface area contributed by atoms with Gasteiger partial charge in [0, 0.05) is 22.2 Å². The minimum Gasteiger partial charge on any atom is -0.310 e. The summed E-state index contributed by atoms with van der Waals surface area (Å²) in [7, 11) is 0. The van der Waals surface area contributed by atoms with Gasteiger partial charge in [-0.1, -0.05) is 179 Å². The summed E-state index contributed by atoms with van der Waals surface area (Å²) in [6, 6.07) is 64.9. The van der Waals surface area contributed by atoms with Gasteiger partial charge in [0.1, 0.15) is 0 Å². The van der Waals surface area contributed by atoms with E-state index in [-0.39, 0.29) is 10.8 Å². The maximum Gasteiger partial charge on any atom is 0.0556 e. The second kappa shape index (κ2) is 11.7. The lowest BCUT2D eigenvalue weighted by atomic mass is 9.73. The number of para-hydroxylation sites is 2. The highest BCUT2D eigenvalue weighted by Crippen LogP contribution is 2.66. The van der Waals surface area contributed by atoms with Crippen LogP contribution in [0.5, 0.6) is 0 Å². The molecule has 0 heterocycles. The molecule has 2 aliphatic rings. The van der Waals surface area contributed by atoms with Gasteiger partial charge in [-0.05, 0) is 102 Å². The highest BCUT2D eigenvalue weighted by molar-refractivity contribution is 6.15. The van der Waals surface area contributed by atoms with Gasteiger partial charge in [0.25, 0.3) is 0 Å². The van der Waals surface area contributed by atoms with Crippen molar-refractivity contribution in [2.24, 2.45) is 0 Å². The number of hydrogen-bond donors (Lipinski definition) is 0. The van der Waals surface area contributed by atoms with Gasteiger partial charge in [-0.15, -0.1) is 0 Å². The third-order valence-electron chi connectivity index (χ3n) is 12.0. The fraction of sp³-hybridized carbons (Fsp3) is 0.115. The van der Waals surface area contributed by atoms with Gasteiger partial charge in [-0.2, -0.15) is 0 Å². The number of fused-ring (bicyclic) bond motifs is 7. The van der Waals surface area contributed by atoms with Gasteiger partial charge in [-0.25, -0.2) is 0 Å². The lowest BCUT2D eigenvalue weighted by Gasteiger charge is -2.38. The maximum absolute atomic E-state index is 2.55. The van der Waals surface area contributed by atoms with Crippen LogP contribution in [-0.2, 0) is 10.8 Å². The van der Waals surface area contributed by atoms with Crippen molar-refractivity contribution in [1.29, 1.82) is 0 Å². The Morgan fingerprint density at radius 1 is 0.340 bits per heavy atom. The zero-order valence-corrected chi connectivity index (χ0v) is 30.7. The van der Waals surface area contributed by atoms with Gasteiger partial charge in [0.05, 0.1) is 5.69 Å². The Balaban J connectivity index is 1.44. The summed E-state index contributed by atoms with van der Waals surface area (Å²) in [4.78, 5) is 2.55. The van der Waals surface area contributed by atoms with Crippen molar-refractivity contribution < 1.29 is 0 Å². The largest absolute Gasteiger partial charge is 0.310 e. The molecule has 2 aliphatic carbocycles. The maximum atomic E-state index is 2.55. The van der Waals surface area contributed by atoms with Crippen LogP contribution in [0.15, 0.2) is 176 Å². The lowest BCUT2D eigenvalue weighted by molar-refractivity contribution is 0.640. The average Bonchev–Trinajstić information content (AvgIpc) is 3.59. The van der Waals surface area contributed by atoms with E-state index in [1.807, 2.05) is 0 Å². The van der Waals surface area contributed by atoms with Crippen LogP contribution in [0.2, 0.25) is 0 Å². The highest BCUT2D eigenvalue weighted by Gasteiger charge is 2.49. The molecule has 254 valence electrons. The van der Waals surface area contributed by atoms with Crippen LogP contribution in [0.4, 0.5) is 17.1 Å². The second-order valence-electron chi connectivity index (χ2n) is 15.6. The number of hydrogen-bond acceptors (Lipinski definition) is 1. The molecule has 10 rings (SSSR count). The number of anilines is 3. The van der Waals surface area contributed by atoms with Crippen molar-refractivity contribution in [3.8, 4) is 44.5 Å². The average molecular weight is 680 g/mol. The van der Waals surface area contributed by atoms with Crippen LogP contribution in [0.25, 0.3) is 55.3 Å². The van der Waals surface area contributed by atoms with Crippen molar-refractivity contribution in [1.82, 2.24) is 0 Å². The van der Waals surface area contributed by atoms with Crippen molar-refractivity contribution in [3.05, 3.63) is 198 Å². The number of nitrogens with zero attached hydrogens (tertiary/aromatic N) is 1. The van der Waals surface area contributed by atoms with Crippen molar-refractivity contribution in [2.75, 3.05) is 4.90 Å². The monoisotopic (exact) mass is 679 g/mol. The van der Waals surface area contributed by atoms with E-state index in [0.717, 1.165) is 11.4 Å². The van der Waals surface area contributed by atoms with Gasteiger partial charge in [-0.3, -0.25) is 0 Å². The Morgan fingerprint density at radius 3 is 1.25 bits per heavy atom. The first kappa shape index (κ1) is 31.5. The summed E-state index contributed by atoms with van der Waals surface area (Å²) in [5, 5.41) is 2.55. The number of rotatable bonds is 5. The number of benzene rings is 8. The van der Waals surface area contributed by atoms with Gasteiger partial charge >= 0.3 is 0 Å². The molecular weight excluding hydrogens is 639 g/mol. The third kappa shape index (κ3) is 4.50. The summed E-state index contributed by atoms with van der Waals surface area (Å²) < 4.78 is 0. The Labute approximate surface area is 312 Å². The quantitative estimate of drug-likeness (QED) is 0.175. The molecule has 0 N–H and O–H groups in total.